The standard InChI is InChI=1S/C11H13N5O3S/c1-19-5-4-16-10(8-2-3-12-13-6-8)14-15-11(16)20-7-9(17)18/h2-3,6H,4-5,7H2,1H3,(H,17,18). The summed E-state index contributed by atoms with van der Waals surface area (Å²) in [6, 6.07) is 1.77. The van der Waals surface area contributed by atoms with E-state index in [0.29, 0.717) is 24.1 Å². The van der Waals surface area contributed by atoms with Crippen molar-refractivity contribution >= 4 is 17.7 Å². The third-order valence-corrected chi connectivity index (χ3v) is 3.35. The van der Waals surface area contributed by atoms with Gasteiger partial charge in [-0.3, -0.25) is 9.36 Å². The second kappa shape index (κ2) is 6.96. The van der Waals surface area contributed by atoms with E-state index >= 15 is 0 Å². The van der Waals surface area contributed by atoms with Crippen LogP contribution in [0.1, 0.15) is 0 Å². The van der Waals surface area contributed by atoms with E-state index in [2.05, 4.69) is 20.4 Å². The lowest BCUT2D eigenvalue weighted by atomic mass is 10.3. The molecule has 0 aliphatic rings. The topological polar surface area (TPSA) is 103 Å². The quantitative estimate of drug-likeness (QED) is 0.739. The van der Waals surface area contributed by atoms with Crippen molar-refractivity contribution in [1.29, 1.82) is 0 Å². The molecule has 9 heteroatoms. The van der Waals surface area contributed by atoms with Gasteiger partial charge in [0.1, 0.15) is 0 Å². The number of thioether (sulfide) groups is 1. The summed E-state index contributed by atoms with van der Waals surface area (Å²) in [7, 11) is 1.60. The summed E-state index contributed by atoms with van der Waals surface area (Å²) < 4.78 is 6.87. The van der Waals surface area contributed by atoms with Crippen molar-refractivity contribution in [3.63, 3.8) is 0 Å². The molecule has 2 aromatic heterocycles. The smallest absolute Gasteiger partial charge is 0.313 e. The molecule has 0 spiro atoms. The van der Waals surface area contributed by atoms with Crippen molar-refractivity contribution in [3.8, 4) is 11.4 Å². The molecule has 0 unspecified atom stereocenters. The average molecular weight is 295 g/mol. The Bertz CT molecular complexity index is 575. The summed E-state index contributed by atoms with van der Waals surface area (Å²) in [5.74, 6) is -0.354. The van der Waals surface area contributed by atoms with E-state index in [0.717, 1.165) is 17.3 Å². The number of methoxy groups -OCH3 is 1. The Labute approximate surface area is 119 Å². The molecule has 0 saturated heterocycles. The van der Waals surface area contributed by atoms with Crippen LogP contribution in [0.2, 0.25) is 0 Å². The zero-order valence-electron chi connectivity index (χ0n) is 10.8. The van der Waals surface area contributed by atoms with Crippen LogP contribution in [0.5, 0.6) is 0 Å². The van der Waals surface area contributed by atoms with Crippen molar-refractivity contribution in [2.45, 2.75) is 11.7 Å². The summed E-state index contributed by atoms with van der Waals surface area (Å²) in [5.41, 5.74) is 0.769. The number of nitrogens with zero attached hydrogens (tertiary/aromatic N) is 5. The molecule has 2 aromatic rings. The third-order valence-electron chi connectivity index (χ3n) is 2.40. The highest BCUT2D eigenvalue weighted by atomic mass is 32.2. The van der Waals surface area contributed by atoms with Gasteiger partial charge < -0.3 is 9.84 Å². The van der Waals surface area contributed by atoms with Crippen LogP contribution in [0.25, 0.3) is 11.4 Å². The fourth-order valence-electron chi connectivity index (χ4n) is 1.54. The van der Waals surface area contributed by atoms with Gasteiger partial charge in [-0.1, -0.05) is 11.8 Å². The lowest BCUT2D eigenvalue weighted by Crippen LogP contribution is -2.09. The van der Waals surface area contributed by atoms with Crippen molar-refractivity contribution in [2.75, 3.05) is 19.5 Å². The number of carboxylic acid groups (broad SMARTS) is 1. The minimum Gasteiger partial charge on any atom is -0.481 e. The van der Waals surface area contributed by atoms with Crippen molar-refractivity contribution in [3.05, 3.63) is 18.5 Å². The molecular weight excluding hydrogens is 282 g/mol. The fourth-order valence-corrected chi connectivity index (χ4v) is 2.23. The Morgan fingerprint density at radius 2 is 2.30 bits per heavy atom. The first-order valence-corrected chi connectivity index (χ1v) is 6.74. The molecule has 0 fully saturated rings. The molecule has 20 heavy (non-hydrogen) atoms. The molecule has 0 amide bonds. The first-order valence-electron chi connectivity index (χ1n) is 5.76. The van der Waals surface area contributed by atoms with E-state index in [1.807, 2.05) is 4.57 Å². The minimum absolute atomic E-state index is 0.0697. The number of aromatic nitrogens is 5. The highest BCUT2D eigenvalue weighted by molar-refractivity contribution is 7.99. The normalized spacial score (nSPS) is 10.7. The molecular formula is C11H13N5O3S. The number of ether oxygens (including phenoxy) is 1. The van der Waals surface area contributed by atoms with Crippen LogP contribution < -0.4 is 0 Å². The number of hydrogen-bond acceptors (Lipinski definition) is 7. The monoisotopic (exact) mass is 295 g/mol. The Morgan fingerprint density at radius 3 is 2.95 bits per heavy atom. The SMILES string of the molecule is COCCn1c(SCC(=O)O)nnc1-c1ccnnc1. The highest BCUT2D eigenvalue weighted by Crippen LogP contribution is 2.22. The molecule has 1 N–H and O–H groups in total. The van der Waals surface area contributed by atoms with Crippen LogP contribution >= 0.6 is 11.8 Å². The first kappa shape index (κ1) is 14.4. The van der Waals surface area contributed by atoms with E-state index in [-0.39, 0.29) is 5.75 Å². The predicted molar refractivity (Wildman–Crippen MR) is 71.3 cm³/mol. The van der Waals surface area contributed by atoms with Gasteiger partial charge in [-0.15, -0.1) is 10.2 Å². The molecule has 106 valence electrons. The van der Waals surface area contributed by atoms with Gasteiger partial charge in [0.15, 0.2) is 11.0 Å². The maximum atomic E-state index is 10.7. The van der Waals surface area contributed by atoms with Crippen LogP contribution in [0.4, 0.5) is 0 Å². The maximum Gasteiger partial charge on any atom is 0.313 e. The minimum atomic E-state index is -0.900. The van der Waals surface area contributed by atoms with Gasteiger partial charge in [-0.05, 0) is 6.07 Å². The summed E-state index contributed by atoms with van der Waals surface area (Å²) in [6.07, 6.45) is 3.15. The third kappa shape index (κ3) is 3.52. The van der Waals surface area contributed by atoms with Crippen LogP contribution in [0, 0.1) is 0 Å². The summed E-state index contributed by atoms with van der Waals surface area (Å²) in [6.45, 7) is 1.01. The molecule has 2 rings (SSSR count). The Hall–Kier alpha value is -2.00. The molecule has 2 heterocycles. The molecule has 0 aromatic carbocycles. The van der Waals surface area contributed by atoms with E-state index in [9.17, 15) is 4.79 Å². The fraction of sp³-hybridized carbons (Fsp3) is 0.364. The van der Waals surface area contributed by atoms with Gasteiger partial charge in [0.05, 0.1) is 31.3 Å². The summed E-state index contributed by atoms with van der Waals surface area (Å²) in [5, 5.41) is 24.9. The van der Waals surface area contributed by atoms with E-state index in [1.54, 1.807) is 25.6 Å². The van der Waals surface area contributed by atoms with Gasteiger partial charge in [0, 0.05) is 12.7 Å². The number of hydrogen-bond donors (Lipinski definition) is 1. The molecule has 0 atom stereocenters. The Balaban J connectivity index is 2.29. The van der Waals surface area contributed by atoms with Crippen molar-refractivity contribution in [2.24, 2.45) is 0 Å². The number of rotatable bonds is 7. The average Bonchev–Trinajstić information content (AvgIpc) is 2.86. The van der Waals surface area contributed by atoms with E-state index < -0.39 is 5.97 Å². The second-order valence-corrected chi connectivity index (χ2v) is 4.71. The van der Waals surface area contributed by atoms with E-state index in [4.69, 9.17) is 9.84 Å². The van der Waals surface area contributed by atoms with Gasteiger partial charge in [-0.2, -0.15) is 10.2 Å². The Morgan fingerprint density at radius 1 is 1.45 bits per heavy atom. The molecule has 8 nitrogen and oxygen atoms in total. The molecule has 0 aliphatic carbocycles. The van der Waals surface area contributed by atoms with E-state index in [1.165, 1.54) is 0 Å². The largest absolute Gasteiger partial charge is 0.481 e. The highest BCUT2D eigenvalue weighted by Gasteiger charge is 2.15. The van der Waals surface area contributed by atoms with Gasteiger partial charge in [-0.25, -0.2) is 0 Å². The number of aliphatic carboxylic acids is 1. The van der Waals surface area contributed by atoms with Crippen molar-refractivity contribution < 1.29 is 14.6 Å². The zero-order chi connectivity index (χ0) is 14.4. The molecule has 0 bridgehead atoms. The zero-order valence-corrected chi connectivity index (χ0v) is 11.6. The van der Waals surface area contributed by atoms with Gasteiger partial charge in [0.25, 0.3) is 0 Å². The molecule has 0 saturated carbocycles. The molecule has 0 aliphatic heterocycles. The van der Waals surface area contributed by atoms with Crippen LogP contribution in [-0.4, -0.2) is 55.5 Å². The Kier molecular flexibility index (Phi) is 5.02. The number of carboxylic acids is 1. The first-order chi connectivity index (χ1) is 9.72. The van der Waals surface area contributed by atoms with Crippen LogP contribution in [0.15, 0.2) is 23.6 Å². The lowest BCUT2D eigenvalue weighted by molar-refractivity contribution is -0.133. The van der Waals surface area contributed by atoms with Crippen molar-refractivity contribution in [1.82, 2.24) is 25.0 Å². The summed E-state index contributed by atoms with van der Waals surface area (Å²) in [4.78, 5) is 10.7. The predicted octanol–water partition coefficient (Wildman–Crippen LogP) is 0.558. The van der Waals surface area contributed by atoms with Crippen LogP contribution in [0.3, 0.4) is 0 Å². The summed E-state index contributed by atoms with van der Waals surface area (Å²) >= 11 is 1.12. The van der Waals surface area contributed by atoms with Gasteiger partial charge in [0.2, 0.25) is 0 Å². The van der Waals surface area contributed by atoms with Gasteiger partial charge >= 0.3 is 5.97 Å². The number of carbonyl (C=O) groups is 1. The second-order valence-electron chi connectivity index (χ2n) is 3.76. The molecule has 0 radical (unpaired) electrons. The van der Waals surface area contributed by atoms with Crippen LogP contribution in [-0.2, 0) is 16.1 Å². The maximum absolute atomic E-state index is 10.7. The lowest BCUT2D eigenvalue weighted by Gasteiger charge is -2.08.